The van der Waals surface area contributed by atoms with Gasteiger partial charge in [0, 0.05) is 25.7 Å². The average Bonchev–Trinajstić information content (AvgIpc) is 2.85. The predicted molar refractivity (Wildman–Crippen MR) is 115 cm³/mol. The monoisotopic (exact) mass is 395 g/mol. The number of hydrogen-bond donors (Lipinski definition) is 0. The van der Waals surface area contributed by atoms with Gasteiger partial charge in [-0.05, 0) is 56.4 Å². The van der Waals surface area contributed by atoms with Crippen LogP contribution in [0.4, 0.5) is 5.69 Å². The maximum Gasteiger partial charge on any atom is 0.268 e. The minimum absolute atomic E-state index is 0.00379. The number of thiophene rings is 1. The first-order valence-electron chi connectivity index (χ1n) is 9.77. The molecule has 5 nitrogen and oxygen atoms in total. The number of rotatable bonds is 2. The number of anilines is 1. The van der Waals surface area contributed by atoms with Crippen LogP contribution >= 0.6 is 11.3 Å². The number of carbonyl (C=O) groups is 1. The van der Waals surface area contributed by atoms with Gasteiger partial charge in [-0.15, -0.1) is 11.3 Å². The molecule has 1 aliphatic heterocycles. The summed E-state index contributed by atoms with van der Waals surface area (Å²) in [4.78, 5) is 34.2. The normalized spacial score (nSPS) is 14.0. The number of nitrogens with zero attached hydrogens (tertiary/aromatic N) is 3. The van der Waals surface area contributed by atoms with E-state index in [1.807, 2.05) is 43.5 Å². The molecule has 0 bridgehead atoms. The summed E-state index contributed by atoms with van der Waals surface area (Å²) in [6, 6.07) is 5.96. The second kappa shape index (κ2) is 7.17. The van der Waals surface area contributed by atoms with E-state index in [1.165, 1.54) is 11.3 Å². The van der Waals surface area contributed by atoms with Gasteiger partial charge in [-0.3, -0.25) is 14.2 Å². The molecule has 3 heterocycles. The van der Waals surface area contributed by atoms with Crippen molar-refractivity contribution < 1.29 is 4.79 Å². The third-order valence-electron chi connectivity index (χ3n) is 5.85. The first-order valence-corrected chi connectivity index (χ1v) is 10.6. The van der Waals surface area contributed by atoms with Crippen molar-refractivity contribution in [3.05, 3.63) is 55.9 Å². The summed E-state index contributed by atoms with van der Waals surface area (Å²) in [7, 11) is 1.80. The van der Waals surface area contributed by atoms with E-state index in [-0.39, 0.29) is 11.5 Å². The number of fused-ring (bicyclic) bond motifs is 2. The van der Waals surface area contributed by atoms with Crippen molar-refractivity contribution in [2.24, 2.45) is 0 Å². The van der Waals surface area contributed by atoms with Crippen LogP contribution in [0.5, 0.6) is 0 Å². The Morgan fingerprint density at radius 2 is 1.93 bits per heavy atom. The van der Waals surface area contributed by atoms with E-state index in [9.17, 15) is 9.59 Å². The Bertz CT molecular complexity index is 1140. The van der Waals surface area contributed by atoms with Crippen molar-refractivity contribution in [3.8, 4) is 0 Å². The summed E-state index contributed by atoms with van der Waals surface area (Å²) in [6.45, 7) is 6.66. The van der Waals surface area contributed by atoms with Gasteiger partial charge in [-0.2, -0.15) is 0 Å². The number of carbonyl (C=O) groups excluding carboxylic acids is 1. The zero-order valence-corrected chi connectivity index (χ0v) is 17.7. The zero-order chi connectivity index (χ0) is 20.0. The van der Waals surface area contributed by atoms with Crippen LogP contribution < -0.4 is 10.5 Å². The summed E-state index contributed by atoms with van der Waals surface area (Å²) in [5, 5.41) is 0.605. The van der Waals surface area contributed by atoms with E-state index in [4.69, 9.17) is 4.98 Å². The fourth-order valence-electron chi connectivity index (χ4n) is 3.97. The molecule has 6 heteroatoms. The molecule has 28 heavy (non-hydrogen) atoms. The molecule has 0 saturated carbocycles. The SMILES string of the molecule is Cc1cccc(N(C)C(=O)c2sc3nc4n(c(=O)c3c2C)CCCCC4)c1C. The van der Waals surface area contributed by atoms with E-state index in [0.29, 0.717) is 15.1 Å². The van der Waals surface area contributed by atoms with E-state index >= 15 is 0 Å². The molecule has 0 saturated heterocycles. The van der Waals surface area contributed by atoms with Crippen LogP contribution in [0.25, 0.3) is 10.2 Å². The van der Waals surface area contributed by atoms with Crippen LogP contribution in [-0.4, -0.2) is 22.5 Å². The molecule has 0 N–H and O–H groups in total. The summed E-state index contributed by atoms with van der Waals surface area (Å²) in [5.41, 5.74) is 3.88. The maximum atomic E-state index is 13.3. The van der Waals surface area contributed by atoms with Crippen molar-refractivity contribution in [2.45, 2.75) is 53.0 Å². The number of hydrogen-bond acceptors (Lipinski definition) is 4. The Hall–Kier alpha value is -2.47. The Labute approximate surface area is 168 Å². The summed E-state index contributed by atoms with van der Waals surface area (Å²) in [6.07, 6.45) is 4.02. The number of aromatic nitrogens is 2. The largest absolute Gasteiger partial charge is 0.310 e. The minimum atomic E-state index is -0.0891. The van der Waals surface area contributed by atoms with Crippen molar-refractivity contribution >= 4 is 33.1 Å². The molecule has 0 atom stereocenters. The number of amides is 1. The number of aryl methyl sites for hydroxylation is 3. The van der Waals surface area contributed by atoms with Gasteiger partial charge in [0.2, 0.25) is 0 Å². The Balaban J connectivity index is 1.82. The Morgan fingerprint density at radius 1 is 1.14 bits per heavy atom. The zero-order valence-electron chi connectivity index (χ0n) is 16.8. The Kier molecular flexibility index (Phi) is 4.83. The van der Waals surface area contributed by atoms with Gasteiger partial charge >= 0.3 is 0 Å². The Morgan fingerprint density at radius 3 is 2.71 bits per heavy atom. The van der Waals surface area contributed by atoms with Gasteiger partial charge in [0.1, 0.15) is 10.7 Å². The summed E-state index contributed by atoms with van der Waals surface area (Å²) in [5.74, 6) is 0.770. The van der Waals surface area contributed by atoms with Gasteiger partial charge in [-0.1, -0.05) is 18.6 Å². The first-order chi connectivity index (χ1) is 13.4. The predicted octanol–water partition coefficient (Wildman–Crippen LogP) is 4.39. The molecule has 0 fully saturated rings. The van der Waals surface area contributed by atoms with Crippen LogP contribution in [0.1, 0.15) is 51.4 Å². The highest BCUT2D eigenvalue weighted by molar-refractivity contribution is 7.20. The molecule has 1 amide bonds. The van der Waals surface area contributed by atoms with Crippen molar-refractivity contribution in [3.63, 3.8) is 0 Å². The van der Waals surface area contributed by atoms with Crippen LogP contribution in [0.2, 0.25) is 0 Å². The van der Waals surface area contributed by atoms with E-state index < -0.39 is 0 Å². The van der Waals surface area contributed by atoms with Crippen molar-refractivity contribution in [1.82, 2.24) is 9.55 Å². The van der Waals surface area contributed by atoms with Gasteiger partial charge in [-0.25, -0.2) is 4.98 Å². The van der Waals surface area contributed by atoms with Gasteiger partial charge in [0.25, 0.3) is 11.5 Å². The van der Waals surface area contributed by atoms with Crippen LogP contribution in [0, 0.1) is 20.8 Å². The minimum Gasteiger partial charge on any atom is -0.310 e. The quantitative estimate of drug-likeness (QED) is 0.647. The lowest BCUT2D eigenvalue weighted by Crippen LogP contribution is -2.27. The van der Waals surface area contributed by atoms with E-state index in [0.717, 1.165) is 60.4 Å². The number of benzene rings is 1. The maximum absolute atomic E-state index is 13.3. The smallest absolute Gasteiger partial charge is 0.268 e. The summed E-state index contributed by atoms with van der Waals surface area (Å²) >= 11 is 1.34. The summed E-state index contributed by atoms with van der Waals surface area (Å²) < 4.78 is 1.82. The molecule has 1 aromatic carbocycles. The lowest BCUT2D eigenvalue weighted by atomic mass is 10.1. The molecule has 1 aliphatic rings. The molecule has 0 unspecified atom stereocenters. The van der Waals surface area contributed by atoms with Crippen LogP contribution in [0.15, 0.2) is 23.0 Å². The topological polar surface area (TPSA) is 55.2 Å². The average molecular weight is 396 g/mol. The third kappa shape index (κ3) is 2.96. The molecule has 0 spiro atoms. The first kappa shape index (κ1) is 18.9. The highest BCUT2D eigenvalue weighted by atomic mass is 32.1. The van der Waals surface area contributed by atoms with Gasteiger partial charge < -0.3 is 4.90 Å². The molecule has 2 aromatic heterocycles. The highest BCUT2D eigenvalue weighted by Crippen LogP contribution is 2.31. The fourth-order valence-corrected chi connectivity index (χ4v) is 5.14. The molecule has 0 aliphatic carbocycles. The lowest BCUT2D eigenvalue weighted by molar-refractivity contribution is 0.0996. The fraction of sp³-hybridized carbons (Fsp3) is 0.409. The van der Waals surface area contributed by atoms with Crippen molar-refractivity contribution in [2.75, 3.05) is 11.9 Å². The molecule has 3 aromatic rings. The van der Waals surface area contributed by atoms with Crippen LogP contribution in [-0.2, 0) is 13.0 Å². The van der Waals surface area contributed by atoms with Crippen LogP contribution in [0.3, 0.4) is 0 Å². The lowest BCUT2D eigenvalue weighted by Gasteiger charge is -2.20. The molecule has 146 valence electrons. The van der Waals surface area contributed by atoms with E-state index in [1.54, 1.807) is 11.9 Å². The molecular weight excluding hydrogens is 370 g/mol. The standard InChI is InChI=1S/C22H25N3O2S/c1-13-9-8-10-16(14(13)2)24(4)22(27)19-15(3)18-20(28-19)23-17-11-6-5-7-12-25(17)21(18)26/h8-10H,5-7,11-12H2,1-4H3. The molecular formula is C22H25N3O2S. The molecule has 4 rings (SSSR count). The van der Waals surface area contributed by atoms with Crippen molar-refractivity contribution in [1.29, 1.82) is 0 Å². The van der Waals surface area contributed by atoms with Gasteiger partial charge in [0.15, 0.2) is 0 Å². The second-order valence-corrected chi connectivity index (χ2v) is 8.61. The van der Waals surface area contributed by atoms with Gasteiger partial charge in [0.05, 0.1) is 10.3 Å². The second-order valence-electron chi connectivity index (χ2n) is 7.62. The molecule has 0 radical (unpaired) electrons. The highest BCUT2D eigenvalue weighted by Gasteiger charge is 2.25. The van der Waals surface area contributed by atoms with E-state index in [2.05, 4.69) is 0 Å². The third-order valence-corrected chi connectivity index (χ3v) is 7.02.